The monoisotopic (exact) mass is 378 g/mol. The predicted molar refractivity (Wildman–Crippen MR) is 103 cm³/mol. The number of pyridine rings is 1. The Bertz CT molecular complexity index is 654. The first-order valence-corrected chi connectivity index (χ1v) is 9.14. The van der Waals surface area contributed by atoms with Gasteiger partial charge in [-0.1, -0.05) is 0 Å². The van der Waals surface area contributed by atoms with E-state index in [-0.39, 0.29) is 18.5 Å². The highest BCUT2D eigenvalue weighted by Crippen LogP contribution is 2.17. The summed E-state index contributed by atoms with van der Waals surface area (Å²) in [6, 6.07) is 3.50. The first kappa shape index (κ1) is 21.0. The summed E-state index contributed by atoms with van der Waals surface area (Å²) in [7, 11) is 0. The van der Waals surface area contributed by atoms with Crippen LogP contribution in [0.3, 0.4) is 0 Å². The molecule has 0 atom stereocenters. The van der Waals surface area contributed by atoms with Gasteiger partial charge in [-0.15, -0.1) is 0 Å². The largest absolute Gasteiger partial charge is 0.444 e. The Kier molecular flexibility index (Phi) is 6.30. The van der Waals surface area contributed by atoms with Crippen LogP contribution in [0, 0.1) is 0 Å². The summed E-state index contributed by atoms with van der Waals surface area (Å²) in [5, 5.41) is 12.3. The number of hydrogen-bond donors (Lipinski definition) is 2. The van der Waals surface area contributed by atoms with E-state index >= 15 is 0 Å². The van der Waals surface area contributed by atoms with Gasteiger partial charge in [0.2, 0.25) is 0 Å². The van der Waals surface area contributed by atoms with Crippen molar-refractivity contribution >= 4 is 17.7 Å². The maximum absolute atomic E-state index is 12.1. The number of aliphatic hydroxyl groups is 1. The van der Waals surface area contributed by atoms with Gasteiger partial charge in [0.1, 0.15) is 11.3 Å². The molecule has 2 amide bonds. The molecule has 0 unspecified atom stereocenters. The molecular formula is C19H30N4O4. The van der Waals surface area contributed by atoms with Gasteiger partial charge in [0.15, 0.2) is 0 Å². The van der Waals surface area contributed by atoms with Gasteiger partial charge >= 0.3 is 6.09 Å². The lowest BCUT2D eigenvalue weighted by Crippen LogP contribution is -2.50. The lowest BCUT2D eigenvalue weighted by Gasteiger charge is -2.36. The molecule has 8 nitrogen and oxygen atoms in total. The molecule has 0 saturated carbocycles. The Morgan fingerprint density at radius 3 is 2.26 bits per heavy atom. The normalized spacial score (nSPS) is 15.5. The lowest BCUT2D eigenvalue weighted by atomic mass is 10.1. The summed E-state index contributed by atoms with van der Waals surface area (Å²) >= 11 is 0. The molecule has 2 heterocycles. The second-order valence-corrected chi connectivity index (χ2v) is 8.35. The molecule has 2 N–H and O–H groups in total. The predicted octanol–water partition coefficient (Wildman–Crippen LogP) is 1.64. The van der Waals surface area contributed by atoms with Crippen molar-refractivity contribution in [2.45, 2.75) is 45.8 Å². The second kappa shape index (κ2) is 8.12. The molecule has 1 fully saturated rings. The third-order valence-corrected chi connectivity index (χ3v) is 3.96. The van der Waals surface area contributed by atoms with E-state index in [1.165, 1.54) is 0 Å². The van der Waals surface area contributed by atoms with E-state index in [2.05, 4.69) is 15.2 Å². The Labute approximate surface area is 160 Å². The molecular weight excluding hydrogens is 348 g/mol. The molecule has 1 saturated heterocycles. The van der Waals surface area contributed by atoms with Gasteiger partial charge in [-0.05, 0) is 46.8 Å². The highest BCUT2D eigenvalue weighted by atomic mass is 16.6. The van der Waals surface area contributed by atoms with Crippen molar-refractivity contribution in [3.8, 4) is 0 Å². The number of nitrogens with zero attached hydrogens (tertiary/aromatic N) is 3. The van der Waals surface area contributed by atoms with Crippen LogP contribution in [-0.4, -0.2) is 70.9 Å². The molecule has 0 spiro atoms. The Balaban J connectivity index is 1.88. The van der Waals surface area contributed by atoms with Gasteiger partial charge in [0, 0.05) is 32.7 Å². The van der Waals surface area contributed by atoms with Gasteiger partial charge in [0.25, 0.3) is 5.91 Å². The van der Waals surface area contributed by atoms with Crippen LogP contribution in [0.2, 0.25) is 0 Å². The number of aromatic nitrogens is 1. The van der Waals surface area contributed by atoms with E-state index in [4.69, 9.17) is 4.74 Å². The number of rotatable bonds is 4. The Hall–Kier alpha value is -2.35. The van der Waals surface area contributed by atoms with Crippen LogP contribution in [0.4, 0.5) is 10.5 Å². The number of hydrogen-bond acceptors (Lipinski definition) is 6. The van der Waals surface area contributed by atoms with Gasteiger partial charge in [0.05, 0.1) is 17.5 Å². The first-order chi connectivity index (χ1) is 12.4. The summed E-state index contributed by atoms with van der Waals surface area (Å²) in [4.78, 5) is 32.2. The third-order valence-electron chi connectivity index (χ3n) is 3.96. The molecule has 8 heteroatoms. The van der Waals surface area contributed by atoms with Crippen molar-refractivity contribution in [1.82, 2.24) is 15.2 Å². The number of anilines is 1. The van der Waals surface area contributed by atoms with Crippen molar-refractivity contribution in [3.05, 3.63) is 24.0 Å². The Morgan fingerprint density at radius 1 is 1.15 bits per heavy atom. The molecule has 0 bridgehead atoms. The quantitative estimate of drug-likeness (QED) is 0.827. The topological polar surface area (TPSA) is 95.0 Å². The molecule has 0 radical (unpaired) electrons. The molecule has 150 valence electrons. The van der Waals surface area contributed by atoms with Gasteiger partial charge in [-0.25, -0.2) is 9.78 Å². The second-order valence-electron chi connectivity index (χ2n) is 8.35. The average Bonchev–Trinajstić information content (AvgIpc) is 2.58. The molecule has 0 aromatic carbocycles. The lowest BCUT2D eigenvalue weighted by molar-refractivity contribution is 0.0240. The summed E-state index contributed by atoms with van der Waals surface area (Å²) in [6.07, 6.45) is 1.36. The number of carbonyl (C=O) groups is 2. The zero-order valence-electron chi connectivity index (χ0n) is 16.8. The van der Waals surface area contributed by atoms with Gasteiger partial charge < -0.3 is 25.0 Å². The minimum Gasteiger partial charge on any atom is -0.444 e. The molecule has 1 aromatic rings. The van der Waals surface area contributed by atoms with E-state index in [9.17, 15) is 14.7 Å². The van der Waals surface area contributed by atoms with Crippen LogP contribution in [0.15, 0.2) is 18.3 Å². The maximum atomic E-state index is 12.1. The van der Waals surface area contributed by atoms with E-state index in [1.54, 1.807) is 31.0 Å². The van der Waals surface area contributed by atoms with E-state index in [0.29, 0.717) is 31.9 Å². The van der Waals surface area contributed by atoms with Crippen LogP contribution in [-0.2, 0) is 4.74 Å². The van der Waals surface area contributed by atoms with Crippen LogP contribution in [0.25, 0.3) is 0 Å². The van der Waals surface area contributed by atoms with Crippen molar-refractivity contribution in [3.63, 3.8) is 0 Å². The minimum absolute atomic E-state index is 0.155. The smallest absolute Gasteiger partial charge is 0.410 e. The van der Waals surface area contributed by atoms with Crippen molar-refractivity contribution in [1.29, 1.82) is 0 Å². The minimum atomic E-state index is -0.969. The van der Waals surface area contributed by atoms with Crippen LogP contribution < -0.4 is 10.2 Å². The van der Waals surface area contributed by atoms with E-state index < -0.39 is 11.2 Å². The fourth-order valence-corrected chi connectivity index (χ4v) is 2.57. The first-order valence-electron chi connectivity index (χ1n) is 9.14. The van der Waals surface area contributed by atoms with Gasteiger partial charge in [-0.3, -0.25) is 4.79 Å². The summed E-state index contributed by atoms with van der Waals surface area (Å²) < 4.78 is 5.40. The van der Waals surface area contributed by atoms with Crippen LogP contribution in [0.5, 0.6) is 0 Å². The fourth-order valence-electron chi connectivity index (χ4n) is 2.57. The molecule has 1 aromatic heterocycles. The molecule has 1 aliphatic rings. The SMILES string of the molecule is CC(C)(O)CNC(=O)c1ccc(N2CCN(C(=O)OC(C)(C)C)CC2)cn1. The number of nitrogens with one attached hydrogen (secondary N) is 1. The fraction of sp³-hybridized carbons (Fsp3) is 0.632. The third kappa shape index (κ3) is 6.71. The number of carbonyl (C=O) groups excluding carboxylic acids is 2. The molecule has 27 heavy (non-hydrogen) atoms. The highest BCUT2D eigenvalue weighted by Gasteiger charge is 2.26. The number of piperazine rings is 1. The van der Waals surface area contributed by atoms with E-state index in [1.807, 2.05) is 26.8 Å². The number of ether oxygens (including phenoxy) is 1. The maximum Gasteiger partial charge on any atom is 0.410 e. The summed E-state index contributed by atoms with van der Waals surface area (Å²) in [6.45, 7) is 11.5. The van der Waals surface area contributed by atoms with Crippen molar-refractivity contribution in [2.75, 3.05) is 37.6 Å². The van der Waals surface area contributed by atoms with Crippen molar-refractivity contribution < 1.29 is 19.4 Å². The van der Waals surface area contributed by atoms with Crippen LogP contribution >= 0.6 is 0 Å². The van der Waals surface area contributed by atoms with Crippen molar-refractivity contribution in [2.24, 2.45) is 0 Å². The number of amides is 2. The molecule has 1 aliphatic heterocycles. The summed E-state index contributed by atoms with van der Waals surface area (Å²) in [5.74, 6) is -0.321. The highest BCUT2D eigenvalue weighted by molar-refractivity contribution is 5.92. The van der Waals surface area contributed by atoms with E-state index in [0.717, 1.165) is 5.69 Å². The van der Waals surface area contributed by atoms with Gasteiger partial charge in [-0.2, -0.15) is 0 Å². The zero-order valence-corrected chi connectivity index (χ0v) is 16.8. The average molecular weight is 378 g/mol. The Morgan fingerprint density at radius 2 is 1.78 bits per heavy atom. The van der Waals surface area contributed by atoms with Crippen LogP contribution in [0.1, 0.15) is 45.1 Å². The standard InChI is InChI=1S/C19H30N4O4/c1-18(2,3)27-17(25)23-10-8-22(9-11-23)14-6-7-15(20-12-14)16(24)21-13-19(4,5)26/h6-7,12,26H,8-11,13H2,1-5H3,(H,21,24). The zero-order chi connectivity index (χ0) is 20.2. The summed E-state index contributed by atoms with van der Waals surface area (Å²) in [5.41, 5.74) is -0.267. The molecule has 0 aliphatic carbocycles. The molecule has 2 rings (SSSR count).